The van der Waals surface area contributed by atoms with Gasteiger partial charge < -0.3 is 24.6 Å². The molecule has 0 bridgehead atoms. The number of ether oxygens (including phenoxy) is 3. The number of rotatable bonds is 6. The maximum Gasteiger partial charge on any atom is 0.407 e. The molecule has 3 atom stereocenters. The summed E-state index contributed by atoms with van der Waals surface area (Å²) in [6, 6.07) is -0.670. The van der Waals surface area contributed by atoms with E-state index in [4.69, 9.17) is 9.47 Å². The number of esters is 1. The molecule has 0 aliphatic carbocycles. The van der Waals surface area contributed by atoms with Crippen LogP contribution < -0.4 is 5.32 Å². The second-order valence-corrected chi connectivity index (χ2v) is 7.00. The van der Waals surface area contributed by atoms with Crippen LogP contribution >= 0.6 is 0 Å². The highest BCUT2D eigenvalue weighted by molar-refractivity contribution is 5.83. The van der Waals surface area contributed by atoms with E-state index in [0.29, 0.717) is 6.42 Å². The summed E-state index contributed by atoms with van der Waals surface area (Å²) in [7, 11) is 1.23. The fraction of sp³-hybridized carbons (Fsp3) is 0.867. The van der Waals surface area contributed by atoms with Gasteiger partial charge in [0, 0.05) is 0 Å². The largest absolute Gasteiger partial charge is 0.467 e. The zero-order valence-corrected chi connectivity index (χ0v) is 14.1. The van der Waals surface area contributed by atoms with Crippen LogP contribution in [0.4, 0.5) is 4.79 Å². The van der Waals surface area contributed by atoms with Crippen molar-refractivity contribution >= 4 is 12.1 Å². The Balaban J connectivity index is 2.80. The molecule has 0 radical (unpaired) electrons. The number of methoxy groups -OCH3 is 1. The summed E-state index contributed by atoms with van der Waals surface area (Å²) in [4.78, 5) is 23.7. The summed E-state index contributed by atoms with van der Waals surface area (Å²) >= 11 is 0. The van der Waals surface area contributed by atoms with E-state index in [1.807, 2.05) is 13.8 Å². The third-order valence-corrected chi connectivity index (χ3v) is 3.27. The van der Waals surface area contributed by atoms with Crippen LogP contribution in [0.3, 0.4) is 0 Å². The fourth-order valence-corrected chi connectivity index (χ4v) is 2.22. The molecule has 7 nitrogen and oxygen atoms in total. The molecule has 1 fully saturated rings. The SMILES string of the molecule is COC(=O)[C@@]1([C@H](O)[C@H](CC(C)C)NC(=O)OC(C)(C)C)CO1. The van der Waals surface area contributed by atoms with Crippen LogP contribution in [0, 0.1) is 5.92 Å². The molecule has 7 heteroatoms. The molecule has 2 N–H and O–H groups in total. The van der Waals surface area contributed by atoms with Crippen molar-refractivity contribution in [2.75, 3.05) is 13.7 Å². The van der Waals surface area contributed by atoms with Gasteiger partial charge in [0.25, 0.3) is 0 Å². The third kappa shape index (κ3) is 4.84. The highest BCUT2D eigenvalue weighted by atomic mass is 16.7. The highest BCUT2D eigenvalue weighted by Crippen LogP contribution is 2.35. The van der Waals surface area contributed by atoms with Crippen molar-refractivity contribution in [3.8, 4) is 0 Å². The summed E-state index contributed by atoms with van der Waals surface area (Å²) in [5.74, 6) is -0.442. The number of epoxide rings is 1. The molecule has 1 amide bonds. The maximum atomic E-state index is 11.9. The van der Waals surface area contributed by atoms with Gasteiger partial charge in [-0.3, -0.25) is 0 Å². The van der Waals surface area contributed by atoms with Crippen molar-refractivity contribution in [3.05, 3.63) is 0 Å². The Morgan fingerprint density at radius 3 is 2.27 bits per heavy atom. The van der Waals surface area contributed by atoms with Crippen LogP contribution in [0.25, 0.3) is 0 Å². The summed E-state index contributed by atoms with van der Waals surface area (Å²) in [6.45, 7) is 9.23. The Kier molecular flexibility index (Phi) is 5.81. The lowest BCUT2D eigenvalue weighted by atomic mass is 9.91. The second kappa shape index (κ2) is 6.83. The molecule has 1 saturated heterocycles. The molecule has 1 aliphatic rings. The van der Waals surface area contributed by atoms with Gasteiger partial charge in [0.05, 0.1) is 19.8 Å². The number of alkyl carbamates (subject to hydrolysis) is 1. The number of aliphatic hydroxyl groups is 1. The maximum absolute atomic E-state index is 11.9. The standard InChI is InChI=1S/C15H27NO6/c1-9(2)7-10(16-13(19)22-14(3,4)5)11(17)15(8-21-15)12(18)20-6/h9-11,17H,7-8H2,1-6H3,(H,16,19)/t10-,11+,15-/m0/s1. The summed E-state index contributed by atoms with van der Waals surface area (Å²) in [6.07, 6.45) is -1.37. The minimum Gasteiger partial charge on any atom is -0.467 e. The molecule has 0 aromatic heterocycles. The van der Waals surface area contributed by atoms with Crippen molar-refractivity contribution in [3.63, 3.8) is 0 Å². The smallest absolute Gasteiger partial charge is 0.407 e. The van der Waals surface area contributed by atoms with Gasteiger partial charge in [0.15, 0.2) is 0 Å². The normalized spacial score (nSPS) is 23.6. The Bertz CT molecular complexity index is 411. The van der Waals surface area contributed by atoms with Crippen molar-refractivity contribution < 1.29 is 28.9 Å². The van der Waals surface area contributed by atoms with Crippen molar-refractivity contribution in [2.45, 2.75) is 64.4 Å². The molecule has 0 unspecified atom stereocenters. The molecule has 1 heterocycles. The van der Waals surface area contributed by atoms with Gasteiger partial charge in [0.1, 0.15) is 11.7 Å². The van der Waals surface area contributed by atoms with Gasteiger partial charge in [-0.25, -0.2) is 9.59 Å². The van der Waals surface area contributed by atoms with E-state index in [9.17, 15) is 14.7 Å². The molecule has 0 aromatic rings. The zero-order chi connectivity index (χ0) is 17.1. The monoisotopic (exact) mass is 317 g/mol. The van der Waals surface area contributed by atoms with Crippen LogP contribution in [-0.4, -0.2) is 54.2 Å². The zero-order valence-electron chi connectivity index (χ0n) is 14.1. The second-order valence-electron chi connectivity index (χ2n) is 7.00. The topological polar surface area (TPSA) is 97.4 Å². The van der Waals surface area contributed by atoms with Crippen LogP contribution in [0.2, 0.25) is 0 Å². The van der Waals surface area contributed by atoms with Gasteiger partial charge in [0.2, 0.25) is 5.60 Å². The number of hydrogen-bond donors (Lipinski definition) is 2. The van der Waals surface area contributed by atoms with Gasteiger partial charge in [-0.1, -0.05) is 13.8 Å². The molecule has 0 saturated carbocycles. The van der Waals surface area contributed by atoms with E-state index in [2.05, 4.69) is 10.1 Å². The molecule has 1 rings (SSSR count). The van der Waals surface area contributed by atoms with Crippen molar-refractivity contribution in [1.82, 2.24) is 5.32 Å². The van der Waals surface area contributed by atoms with Crippen molar-refractivity contribution in [2.24, 2.45) is 5.92 Å². The fourth-order valence-electron chi connectivity index (χ4n) is 2.22. The lowest BCUT2D eigenvalue weighted by molar-refractivity contribution is -0.152. The first-order valence-corrected chi connectivity index (χ1v) is 7.42. The number of carbonyl (C=O) groups is 2. The highest BCUT2D eigenvalue weighted by Gasteiger charge is 2.61. The first-order chi connectivity index (χ1) is 10.0. The van der Waals surface area contributed by atoms with Gasteiger partial charge in [-0.15, -0.1) is 0 Å². The summed E-state index contributed by atoms with van der Waals surface area (Å²) in [5, 5.41) is 13.1. The lowest BCUT2D eigenvalue weighted by Gasteiger charge is -2.29. The number of hydrogen-bond acceptors (Lipinski definition) is 6. The van der Waals surface area contributed by atoms with E-state index in [0.717, 1.165) is 0 Å². The minimum absolute atomic E-state index is 0.0748. The lowest BCUT2D eigenvalue weighted by Crippen LogP contribution is -2.54. The van der Waals surface area contributed by atoms with Crippen LogP contribution in [-0.2, 0) is 19.0 Å². The third-order valence-electron chi connectivity index (χ3n) is 3.27. The number of amides is 1. The Hall–Kier alpha value is -1.34. The predicted molar refractivity (Wildman–Crippen MR) is 79.3 cm³/mol. The first-order valence-electron chi connectivity index (χ1n) is 7.42. The molecule has 0 aromatic carbocycles. The molecule has 0 spiro atoms. The Morgan fingerprint density at radius 1 is 1.36 bits per heavy atom. The average molecular weight is 317 g/mol. The molecule has 22 heavy (non-hydrogen) atoms. The van der Waals surface area contributed by atoms with Crippen LogP contribution in [0.1, 0.15) is 41.0 Å². The van der Waals surface area contributed by atoms with E-state index in [-0.39, 0.29) is 12.5 Å². The minimum atomic E-state index is -1.39. The number of carbonyl (C=O) groups excluding carboxylic acids is 2. The quantitative estimate of drug-likeness (QED) is 0.565. The summed E-state index contributed by atoms with van der Waals surface area (Å²) < 4.78 is 15.0. The van der Waals surface area contributed by atoms with Gasteiger partial charge in [-0.2, -0.15) is 0 Å². The van der Waals surface area contributed by atoms with Gasteiger partial charge >= 0.3 is 12.1 Å². The van der Waals surface area contributed by atoms with E-state index in [1.54, 1.807) is 20.8 Å². The Morgan fingerprint density at radius 2 is 1.91 bits per heavy atom. The predicted octanol–water partition coefficient (Wildman–Crippen LogP) is 1.23. The molecular weight excluding hydrogens is 290 g/mol. The van der Waals surface area contributed by atoms with E-state index in [1.165, 1.54) is 7.11 Å². The molecule has 128 valence electrons. The van der Waals surface area contributed by atoms with E-state index < -0.39 is 35.4 Å². The molecular formula is C15H27NO6. The number of nitrogens with one attached hydrogen (secondary N) is 1. The molecule has 1 aliphatic heterocycles. The first kappa shape index (κ1) is 18.7. The van der Waals surface area contributed by atoms with E-state index >= 15 is 0 Å². The van der Waals surface area contributed by atoms with Crippen molar-refractivity contribution in [1.29, 1.82) is 0 Å². The average Bonchev–Trinajstić information content (AvgIpc) is 3.14. The van der Waals surface area contributed by atoms with Crippen LogP contribution in [0.5, 0.6) is 0 Å². The summed E-state index contributed by atoms with van der Waals surface area (Å²) in [5.41, 5.74) is -2.03. The van der Waals surface area contributed by atoms with Crippen LogP contribution in [0.15, 0.2) is 0 Å². The Labute approximate surface area is 131 Å². The number of aliphatic hydroxyl groups excluding tert-OH is 1. The van der Waals surface area contributed by atoms with Gasteiger partial charge in [-0.05, 0) is 33.1 Å².